The van der Waals surface area contributed by atoms with Gasteiger partial charge < -0.3 is 19.9 Å². The van der Waals surface area contributed by atoms with Crippen molar-refractivity contribution in [2.75, 3.05) is 45.2 Å². The van der Waals surface area contributed by atoms with Crippen molar-refractivity contribution in [1.82, 2.24) is 25.2 Å². The summed E-state index contributed by atoms with van der Waals surface area (Å²) in [6.45, 7) is 3.22. The van der Waals surface area contributed by atoms with Crippen molar-refractivity contribution < 1.29 is 9.13 Å². The van der Waals surface area contributed by atoms with Gasteiger partial charge in [-0.15, -0.1) is 0 Å². The van der Waals surface area contributed by atoms with Crippen LogP contribution in [0.15, 0.2) is 42.6 Å². The molecule has 1 saturated carbocycles. The minimum absolute atomic E-state index is 0.109. The van der Waals surface area contributed by atoms with Crippen molar-refractivity contribution in [1.29, 1.82) is 0 Å². The number of anilines is 1. The first-order valence-corrected chi connectivity index (χ1v) is 14.1. The minimum atomic E-state index is -0.481. The molecule has 2 aliphatic heterocycles. The third-order valence-electron chi connectivity index (χ3n) is 8.49. The van der Waals surface area contributed by atoms with E-state index in [0.29, 0.717) is 34.7 Å². The Morgan fingerprint density at radius 1 is 1.10 bits per heavy atom. The molecule has 4 aromatic rings. The molecule has 39 heavy (non-hydrogen) atoms. The molecule has 2 aromatic carbocycles. The molecule has 2 unspecified atom stereocenters. The number of benzene rings is 2. The zero-order valence-corrected chi connectivity index (χ0v) is 23.0. The Balaban J connectivity index is 1.37. The molecule has 2 saturated heterocycles. The van der Waals surface area contributed by atoms with Gasteiger partial charge in [0.05, 0.1) is 12.0 Å². The second-order valence-electron chi connectivity index (χ2n) is 11.6. The van der Waals surface area contributed by atoms with Crippen molar-refractivity contribution in [3.8, 4) is 17.3 Å². The number of pyridine rings is 1. The minimum Gasteiger partial charge on any atom is -0.463 e. The highest BCUT2D eigenvalue weighted by atomic mass is 35.5. The van der Waals surface area contributed by atoms with Gasteiger partial charge in [-0.3, -0.25) is 4.98 Å². The normalized spacial score (nSPS) is 21.7. The topological polar surface area (TPSA) is 66.4 Å². The number of aromatic nitrogens is 3. The lowest BCUT2D eigenvalue weighted by molar-refractivity contribution is 0.183. The van der Waals surface area contributed by atoms with Gasteiger partial charge >= 0.3 is 6.01 Å². The second-order valence-corrected chi connectivity index (χ2v) is 12.0. The molecule has 1 N–H and O–H groups in total. The number of ether oxygens (including phenoxy) is 1. The van der Waals surface area contributed by atoms with Gasteiger partial charge in [0.15, 0.2) is 5.82 Å². The average molecular weight is 547 g/mol. The molecule has 2 atom stereocenters. The molecular weight excluding hydrogens is 515 g/mol. The van der Waals surface area contributed by atoms with E-state index in [1.807, 2.05) is 36.4 Å². The second kappa shape index (κ2) is 9.54. The molecule has 2 aromatic heterocycles. The summed E-state index contributed by atoms with van der Waals surface area (Å²) in [6.07, 6.45) is 6.09. The fraction of sp³-hybridized carbons (Fsp3) is 0.433. The lowest BCUT2D eigenvalue weighted by atomic mass is 10.0. The number of nitrogens with one attached hydrogen (secondary N) is 1. The number of halogens is 2. The Morgan fingerprint density at radius 2 is 1.85 bits per heavy atom. The van der Waals surface area contributed by atoms with Gasteiger partial charge in [-0.2, -0.15) is 9.97 Å². The third kappa shape index (κ3) is 4.39. The van der Waals surface area contributed by atoms with Crippen LogP contribution in [-0.4, -0.2) is 72.3 Å². The summed E-state index contributed by atoms with van der Waals surface area (Å²) in [7, 11) is 4.16. The first-order chi connectivity index (χ1) is 18.9. The number of rotatable bonds is 7. The first-order valence-electron chi connectivity index (χ1n) is 13.7. The molecule has 2 bridgehead atoms. The zero-order chi connectivity index (χ0) is 26.7. The van der Waals surface area contributed by atoms with E-state index < -0.39 is 5.82 Å². The summed E-state index contributed by atoms with van der Waals surface area (Å²) in [4.78, 5) is 18.7. The van der Waals surface area contributed by atoms with E-state index in [4.69, 9.17) is 21.3 Å². The molecular formula is C30H32ClFN6O. The molecule has 3 fully saturated rings. The van der Waals surface area contributed by atoms with Crippen LogP contribution in [0.4, 0.5) is 10.2 Å². The SMILES string of the molecule is CN(C)CC1(COc2nc(N3C4CCC3CNC4)c3cnc(-c4cccc5cccc(Cl)c45)c(F)c3n2)CC1. The highest BCUT2D eigenvalue weighted by Crippen LogP contribution is 2.46. The van der Waals surface area contributed by atoms with Crippen LogP contribution in [0.5, 0.6) is 6.01 Å². The number of nitrogens with zero attached hydrogens (tertiary/aromatic N) is 5. The van der Waals surface area contributed by atoms with Crippen molar-refractivity contribution in [3.05, 3.63) is 53.4 Å². The van der Waals surface area contributed by atoms with Crippen molar-refractivity contribution in [2.24, 2.45) is 5.41 Å². The first kappa shape index (κ1) is 24.9. The maximum Gasteiger partial charge on any atom is 0.319 e. The van der Waals surface area contributed by atoms with Crippen LogP contribution in [0.2, 0.25) is 5.02 Å². The van der Waals surface area contributed by atoms with Crippen molar-refractivity contribution >= 4 is 39.1 Å². The fourth-order valence-electron chi connectivity index (χ4n) is 6.50. The highest BCUT2D eigenvalue weighted by Gasteiger charge is 2.44. The lowest BCUT2D eigenvalue weighted by Gasteiger charge is -2.36. The number of piperazine rings is 1. The zero-order valence-electron chi connectivity index (χ0n) is 22.3. The quantitative estimate of drug-likeness (QED) is 0.337. The number of hydrogen-bond donors (Lipinski definition) is 1. The summed E-state index contributed by atoms with van der Waals surface area (Å²) in [5, 5.41) is 6.40. The molecule has 1 aliphatic carbocycles. The fourth-order valence-corrected chi connectivity index (χ4v) is 6.78. The Bertz CT molecular complexity index is 1550. The van der Waals surface area contributed by atoms with E-state index in [0.717, 1.165) is 61.9 Å². The molecule has 0 spiro atoms. The number of fused-ring (bicyclic) bond motifs is 4. The Hall–Kier alpha value is -3.07. The lowest BCUT2D eigenvalue weighted by Crippen LogP contribution is -2.52. The van der Waals surface area contributed by atoms with Crippen LogP contribution in [0, 0.1) is 11.2 Å². The van der Waals surface area contributed by atoms with Gasteiger partial charge in [0.1, 0.15) is 17.0 Å². The summed E-state index contributed by atoms with van der Waals surface area (Å²) in [5.74, 6) is 0.237. The van der Waals surface area contributed by atoms with E-state index >= 15 is 4.39 Å². The van der Waals surface area contributed by atoms with Crippen LogP contribution in [0.3, 0.4) is 0 Å². The summed E-state index contributed by atoms with van der Waals surface area (Å²) in [6, 6.07) is 12.3. The smallest absolute Gasteiger partial charge is 0.319 e. The molecule has 0 amide bonds. The van der Waals surface area contributed by atoms with Crippen LogP contribution < -0.4 is 15.0 Å². The molecule has 202 valence electrons. The van der Waals surface area contributed by atoms with Crippen LogP contribution in [-0.2, 0) is 0 Å². The van der Waals surface area contributed by atoms with E-state index in [-0.39, 0.29) is 22.6 Å². The van der Waals surface area contributed by atoms with Crippen LogP contribution in [0.25, 0.3) is 32.9 Å². The van der Waals surface area contributed by atoms with Gasteiger partial charge in [-0.25, -0.2) is 4.39 Å². The predicted molar refractivity (Wildman–Crippen MR) is 153 cm³/mol. The van der Waals surface area contributed by atoms with E-state index in [1.54, 1.807) is 6.20 Å². The van der Waals surface area contributed by atoms with Gasteiger partial charge in [0.25, 0.3) is 0 Å². The van der Waals surface area contributed by atoms with Gasteiger partial charge in [0, 0.05) is 59.3 Å². The maximum absolute atomic E-state index is 16.5. The van der Waals surface area contributed by atoms with Crippen LogP contribution >= 0.6 is 11.6 Å². The van der Waals surface area contributed by atoms with Gasteiger partial charge in [-0.05, 0) is 51.2 Å². The maximum atomic E-state index is 16.5. The molecule has 9 heteroatoms. The standard InChI is InChI=1S/C30H32ClFN6O/c1-37(2)16-30(11-12-30)17-39-29-35-27-22(28(36-29)38-19-9-10-20(38)14-33-13-19)15-34-26(25(27)32)21-7-3-5-18-6-4-8-23(31)24(18)21/h3-8,15,19-20,33H,9-14,16-17H2,1-2H3. The largest absolute Gasteiger partial charge is 0.463 e. The number of hydrogen-bond acceptors (Lipinski definition) is 7. The molecule has 7 rings (SSSR count). The van der Waals surface area contributed by atoms with Crippen molar-refractivity contribution in [3.63, 3.8) is 0 Å². The monoisotopic (exact) mass is 546 g/mol. The van der Waals surface area contributed by atoms with Gasteiger partial charge in [0.2, 0.25) is 0 Å². The van der Waals surface area contributed by atoms with Gasteiger partial charge in [-0.1, -0.05) is 41.9 Å². The Kier molecular flexibility index (Phi) is 6.10. The Labute approximate surface area is 232 Å². The molecule has 3 aliphatic rings. The highest BCUT2D eigenvalue weighted by molar-refractivity contribution is 6.36. The van der Waals surface area contributed by atoms with Crippen LogP contribution in [0.1, 0.15) is 25.7 Å². The summed E-state index contributed by atoms with van der Waals surface area (Å²) in [5.41, 5.74) is 1.22. The van der Waals surface area contributed by atoms with E-state index in [9.17, 15) is 0 Å². The van der Waals surface area contributed by atoms with Crippen molar-refractivity contribution in [2.45, 2.75) is 37.8 Å². The summed E-state index contributed by atoms with van der Waals surface area (Å²) < 4.78 is 22.8. The third-order valence-corrected chi connectivity index (χ3v) is 8.81. The van der Waals surface area contributed by atoms with E-state index in [2.05, 4.69) is 39.2 Å². The molecule has 0 radical (unpaired) electrons. The van der Waals surface area contributed by atoms with E-state index in [1.165, 1.54) is 0 Å². The predicted octanol–water partition coefficient (Wildman–Crippen LogP) is 5.30. The summed E-state index contributed by atoms with van der Waals surface area (Å²) >= 11 is 6.59. The molecule has 4 heterocycles. The average Bonchev–Trinajstić information content (AvgIpc) is 3.64. The molecule has 7 nitrogen and oxygen atoms in total. The Morgan fingerprint density at radius 3 is 2.56 bits per heavy atom.